The summed E-state index contributed by atoms with van der Waals surface area (Å²) in [6.45, 7) is 4.03. The predicted octanol–water partition coefficient (Wildman–Crippen LogP) is 1.55. The van der Waals surface area contributed by atoms with Crippen molar-refractivity contribution in [2.75, 3.05) is 18.8 Å². The molecular formula is C14H18N4O. The maximum Gasteiger partial charge on any atom is 0.242 e. The highest BCUT2D eigenvalue weighted by Gasteiger charge is 2.20. The first-order valence-electron chi connectivity index (χ1n) is 6.66. The van der Waals surface area contributed by atoms with Crippen LogP contribution in [0.2, 0.25) is 0 Å². The molecule has 1 aliphatic rings. The van der Waals surface area contributed by atoms with Crippen LogP contribution in [-0.2, 0) is 11.3 Å². The lowest BCUT2D eigenvalue weighted by Gasteiger charge is -2.16. The van der Waals surface area contributed by atoms with Crippen molar-refractivity contribution >= 4 is 22.9 Å². The molecule has 1 saturated heterocycles. The van der Waals surface area contributed by atoms with Crippen molar-refractivity contribution < 1.29 is 4.79 Å². The average molecular weight is 258 g/mol. The van der Waals surface area contributed by atoms with E-state index in [1.165, 1.54) is 0 Å². The molecule has 1 aromatic carbocycles. The van der Waals surface area contributed by atoms with E-state index in [1.54, 1.807) is 0 Å². The molecule has 0 spiro atoms. The van der Waals surface area contributed by atoms with Crippen LogP contribution in [0.1, 0.15) is 18.4 Å². The number of nitrogens with zero attached hydrogens (tertiary/aromatic N) is 3. The first kappa shape index (κ1) is 12.0. The summed E-state index contributed by atoms with van der Waals surface area (Å²) >= 11 is 0. The number of amides is 1. The summed E-state index contributed by atoms with van der Waals surface area (Å²) in [7, 11) is 0. The number of carbonyl (C=O) groups excluding carboxylic acids is 1. The van der Waals surface area contributed by atoms with Gasteiger partial charge >= 0.3 is 0 Å². The minimum Gasteiger partial charge on any atom is -0.369 e. The van der Waals surface area contributed by atoms with E-state index < -0.39 is 0 Å². The van der Waals surface area contributed by atoms with Gasteiger partial charge in [-0.2, -0.15) is 0 Å². The number of fused-ring (bicyclic) bond motifs is 1. The van der Waals surface area contributed by atoms with Crippen molar-refractivity contribution in [1.29, 1.82) is 0 Å². The molecule has 0 saturated carbocycles. The van der Waals surface area contributed by atoms with Crippen molar-refractivity contribution in [3.63, 3.8) is 0 Å². The minimum atomic E-state index is 0.131. The molecule has 2 heterocycles. The van der Waals surface area contributed by atoms with Gasteiger partial charge in [0.05, 0.1) is 11.0 Å². The van der Waals surface area contributed by atoms with Crippen LogP contribution < -0.4 is 5.73 Å². The summed E-state index contributed by atoms with van der Waals surface area (Å²) in [6, 6.07) is 5.90. The number of hydrogen-bond acceptors (Lipinski definition) is 3. The molecule has 1 fully saturated rings. The zero-order valence-corrected chi connectivity index (χ0v) is 11.1. The number of carbonyl (C=O) groups is 1. The number of anilines is 1. The highest BCUT2D eigenvalue weighted by molar-refractivity contribution is 5.85. The van der Waals surface area contributed by atoms with Gasteiger partial charge in [0.25, 0.3) is 0 Å². The van der Waals surface area contributed by atoms with Crippen LogP contribution in [0, 0.1) is 6.92 Å². The summed E-state index contributed by atoms with van der Waals surface area (Å²) in [5.74, 6) is 0.545. The summed E-state index contributed by atoms with van der Waals surface area (Å²) < 4.78 is 1.82. The Labute approximate surface area is 112 Å². The average Bonchev–Trinajstić information content (AvgIpc) is 2.99. The van der Waals surface area contributed by atoms with Gasteiger partial charge in [-0.25, -0.2) is 4.98 Å². The Morgan fingerprint density at radius 2 is 2.11 bits per heavy atom. The van der Waals surface area contributed by atoms with E-state index in [4.69, 9.17) is 5.73 Å². The highest BCUT2D eigenvalue weighted by atomic mass is 16.2. The van der Waals surface area contributed by atoms with E-state index >= 15 is 0 Å². The van der Waals surface area contributed by atoms with Gasteiger partial charge in [0.15, 0.2) is 0 Å². The van der Waals surface area contributed by atoms with Gasteiger partial charge in [0.2, 0.25) is 11.9 Å². The molecule has 1 aromatic heterocycles. The van der Waals surface area contributed by atoms with E-state index in [0.717, 1.165) is 42.5 Å². The largest absolute Gasteiger partial charge is 0.369 e. The number of rotatable bonds is 2. The highest BCUT2D eigenvalue weighted by Crippen LogP contribution is 2.21. The van der Waals surface area contributed by atoms with Crippen molar-refractivity contribution in [1.82, 2.24) is 14.5 Å². The molecule has 3 rings (SSSR count). The lowest BCUT2D eigenvalue weighted by atomic mass is 10.2. The second-order valence-electron chi connectivity index (χ2n) is 5.09. The number of hydrogen-bond donors (Lipinski definition) is 1. The van der Waals surface area contributed by atoms with Gasteiger partial charge in [0, 0.05) is 13.1 Å². The molecule has 0 radical (unpaired) electrons. The molecule has 0 bridgehead atoms. The molecule has 100 valence electrons. The van der Waals surface area contributed by atoms with E-state index in [2.05, 4.69) is 4.98 Å². The number of aryl methyl sites for hydroxylation is 1. The topological polar surface area (TPSA) is 64.1 Å². The maximum absolute atomic E-state index is 12.2. The predicted molar refractivity (Wildman–Crippen MR) is 74.7 cm³/mol. The van der Waals surface area contributed by atoms with Crippen LogP contribution in [0.25, 0.3) is 11.0 Å². The Morgan fingerprint density at radius 3 is 2.84 bits per heavy atom. The zero-order chi connectivity index (χ0) is 13.4. The van der Waals surface area contributed by atoms with E-state index in [1.807, 2.05) is 34.6 Å². The molecule has 19 heavy (non-hydrogen) atoms. The van der Waals surface area contributed by atoms with Crippen LogP contribution in [0.15, 0.2) is 18.2 Å². The second kappa shape index (κ2) is 4.57. The summed E-state index contributed by atoms with van der Waals surface area (Å²) in [4.78, 5) is 18.5. The molecule has 0 atom stereocenters. The third-order valence-corrected chi connectivity index (χ3v) is 3.75. The van der Waals surface area contributed by atoms with Gasteiger partial charge in [0.1, 0.15) is 6.54 Å². The Kier molecular flexibility index (Phi) is 2.89. The summed E-state index contributed by atoms with van der Waals surface area (Å²) in [6.07, 6.45) is 2.20. The normalized spacial score (nSPS) is 15.3. The van der Waals surface area contributed by atoms with Gasteiger partial charge < -0.3 is 15.2 Å². The van der Waals surface area contributed by atoms with Crippen LogP contribution in [-0.4, -0.2) is 33.4 Å². The van der Waals surface area contributed by atoms with Crippen molar-refractivity contribution in [2.45, 2.75) is 26.3 Å². The molecular weight excluding hydrogens is 240 g/mol. The number of imidazole rings is 1. The smallest absolute Gasteiger partial charge is 0.242 e. The van der Waals surface area contributed by atoms with Gasteiger partial charge in [-0.05, 0) is 31.4 Å². The molecule has 5 nitrogen and oxygen atoms in total. The Bertz CT molecular complexity index is 626. The SMILES string of the molecule is Cc1cccc2nc(N)n(CC(=O)N3CCCC3)c12. The zero-order valence-electron chi connectivity index (χ0n) is 11.1. The molecule has 0 unspecified atom stereocenters. The molecule has 2 aromatic rings. The fourth-order valence-electron chi connectivity index (χ4n) is 2.75. The van der Waals surface area contributed by atoms with E-state index in [-0.39, 0.29) is 12.5 Å². The van der Waals surface area contributed by atoms with Crippen molar-refractivity contribution in [3.05, 3.63) is 23.8 Å². The summed E-state index contributed by atoms with van der Waals surface area (Å²) in [5, 5.41) is 0. The van der Waals surface area contributed by atoms with Crippen molar-refractivity contribution in [2.24, 2.45) is 0 Å². The molecule has 5 heteroatoms. The number of nitrogen functional groups attached to an aromatic ring is 1. The quantitative estimate of drug-likeness (QED) is 0.889. The summed E-state index contributed by atoms with van der Waals surface area (Å²) in [5.41, 5.74) is 8.86. The van der Waals surface area contributed by atoms with Crippen LogP contribution in [0.5, 0.6) is 0 Å². The number of aromatic nitrogens is 2. The van der Waals surface area contributed by atoms with Gasteiger partial charge in [-0.1, -0.05) is 12.1 Å². The van der Waals surface area contributed by atoms with Gasteiger partial charge in [-0.15, -0.1) is 0 Å². The Morgan fingerprint density at radius 1 is 1.37 bits per heavy atom. The lowest BCUT2D eigenvalue weighted by molar-refractivity contribution is -0.130. The standard InChI is InChI=1S/C14H18N4O/c1-10-5-4-6-11-13(10)18(14(15)16-11)9-12(19)17-7-2-3-8-17/h4-6H,2-3,7-9H2,1H3,(H2,15,16). The first-order chi connectivity index (χ1) is 9.16. The molecule has 1 amide bonds. The Hall–Kier alpha value is -2.04. The van der Waals surface area contributed by atoms with Crippen LogP contribution in [0.4, 0.5) is 5.95 Å². The number of para-hydroxylation sites is 1. The van der Waals surface area contributed by atoms with Crippen LogP contribution in [0.3, 0.4) is 0 Å². The van der Waals surface area contributed by atoms with Crippen molar-refractivity contribution in [3.8, 4) is 0 Å². The van der Waals surface area contributed by atoms with Crippen LogP contribution >= 0.6 is 0 Å². The fraction of sp³-hybridized carbons (Fsp3) is 0.429. The molecule has 2 N–H and O–H groups in total. The number of nitrogens with two attached hydrogens (primary N) is 1. The fourth-order valence-corrected chi connectivity index (χ4v) is 2.75. The van der Waals surface area contributed by atoms with E-state index in [0.29, 0.717) is 5.95 Å². The van der Waals surface area contributed by atoms with Gasteiger partial charge in [-0.3, -0.25) is 4.79 Å². The first-order valence-corrected chi connectivity index (χ1v) is 6.66. The second-order valence-corrected chi connectivity index (χ2v) is 5.09. The van der Waals surface area contributed by atoms with E-state index in [9.17, 15) is 4.79 Å². The molecule has 1 aliphatic heterocycles. The molecule has 0 aliphatic carbocycles. The third-order valence-electron chi connectivity index (χ3n) is 3.75. The number of benzene rings is 1. The monoisotopic (exact) mass is 258 g/mol. The third kappa shape index (κ3) is 2.05. The Balaban J connectivity index is 1.96. The number of likely N-dealkylation sites (tertiary alicyclic amines) is 1. The lowest BCUT2D eigenvalue weighted by Crippen LogP contribution is -2.31. The minimum absolute atomic E-state index is 0.131. The maximum atomic E-state index is 12.2.